The van der Waals surface area contributed by atoms with Crippen LogP contribution in [-0.4, -0.2) is 23.8 Å². The number of carboxylic acid groups (broad SMARTS) is 1. The number of hydrogen-bond donors (Lipinski definition) is 1. The number of carboxylic acids is 1. The molecule has 0 aromatic carbocycles. The van der Waals surface area contributed by atoms with Crippen molar-refractivity contribution in [3.8, 4) is 0 Å². The summed E-state index contributed by atoms with van der Waals surface area (Å²) < 4.78 is 5.17. The Morgan fingerprint density at radius 2 is 2.18 bits per heavy atom. The Morgan fingerprint density at radius 3 is 2.55 bits per heavy atom. The van der Waals surface area contributed by atoms with E-state index < -0.39 is 12.1 Å². The fourth-order valence-electron chi connectivity index (χ4n) is 2.16. The zero-order valence-electron chi connectivity index (χ0n) is 6.38. The molecule has 1 heterocycles. The Labute approximate surface area is 65.4 Å². The van der Waals surface area contributed by atoms with Gasteiger partial charge in [0.05, 0.1) is 0 Å². The van der Waals surface area contributed by atoms with Crippen LogP contribution in [0.3, 0.4) is 0 Å². The van der Waals surface area contributed by atoms with Gasteiger partial charge in [-0.2, -0.15) is 0 Å². The van der Waals surface area contributed by atoms with Gasteiger partial charge in [-0.1, -0.05) is 6.42 Å². The summed E-state index contributed by atoms with van der Waals surface area (Å²) in [6.07, 6.45) is 3.71. The Bertz CT molecular complexity index is 184. The molecule has 0 aromatic heterocycles. The largest absolute Gasteiger partial charge is 0.479 e. The maximum absolute atomic E-state index is 10.7. The number of hydrogen-bond acceptors (Lipinski definition) is 2. The van der Waals surface area contributed by atoms with Crippen molar-refractivity contribution in [1.29, 1.82) is 0 Å². The van der Waals surface area contributed by atoms with Crippen molar-refractivity contribution in [3.05, 3.63) is 0 Å². The minimum atomic E-state index is -0.776. The zero-order chi connectivity index (χ0) is 7.90. The van der Waals surface area contributed by atoms with Crippen LogP contribution in [0.15, 0.2) is 0 Å². The first-order chi connectivity index (χ1) is 5.25. The van der Waals surface area contributed by atoms with E-state index in [0.717, 1.165) is 19.3 Å². The van der Waals surface area contributed by atoms with Gasteiger partial charge in [0, 0.05) is 12.0 Å². The van der Waals surface area contributed by atoms with E-state index in [-0.39, 0.29) is 5.41 Å². The number of ether oxygens (including phenoxy) is 1. The minimum absolute atomic E-state index is 0.0336. The third-order valence-corrected chi connectivity index (χ3v) is 3.01. The van der Waals surface area contributed by atoms with Crippen LogP contribution in [0.2, 0.25) is 0 Å². The molecule has 1 spiro atoms. The monoisotopic (exact) mass is 156 g/mol. The highest BCUT2D eigenvalue weighted by atomic mass is 16.5. The Morgan fingerprint density at radius 1 is 1.45 bits per heavy atom. The van der Waals surface area contributed by atoms with E-state index in [1.165, 1.54) is 6.42 Å². The molecule has 3 heteroatoms. The molecule has 1 atom stereocenters. The van der Waals surface area contributed by atoms with Crippen molar-refractivity contribution < 1.29 is 14.6 Å². The summed E-state index contributed by atoms with van der Waals surface area (Å²) in [5.41, 5.74) is 0.0336. The van der Waals surface area contributed by atoms with Gasteiger partial charge in [0.2, 0.25) is 0 Å². The standard InChI is InChI=1S/C8H12O3/c9-7(10)6-8(2-1-3-8)4-5-11-6/h6H,1-5H2,(H,9,10). The Balaban J connectivity index is 2.13. The van der Waals surface area contributed by atoms with Gasteiger partial charge in [0.25, 0.3) is 0 Å². The van der Waals surface area contributed by atoms with E-state index in [2.05, 4.69) is 0 Å². The van der Waals surface area contributed by atoms with E-state index in [9.17, 15) is 4.79 Å². The van der Waals surface area contributed by atoms with Crippen molar-refractivity contribution in [3.63, 3.8) is 0 Å². The molecule has 1 saturated carbocycles. The predicted octanol–water partition coefficient (Wildman–Crippen LogP) is 1.03. The van der Waals surface area contributed by atoms with Crippen molar-refractivity contribution in [1.82, 2.24) is 0 Å². The average Bonchev–Trinajstić information content (AvgIpc) is 2.27. The summed E-state index contributed by atoms with van der Waals surface area (Å²) >= 11 is 0. The van der Waals surface area contributed by atoms with E-state index in [4.69, 9.17) is 9.84 Å². The quantitative estimate of drug-likeness (QED) is 0.616. The molecular weight excluding hydrogens is 144 g/mol. The predicted molar refractivity (Wildman–Crippen MR) is 38.3 cm³/mol. The first kappa shape index (κ1) is 7.10. The van der Waals surface area contributed by atoms with Crippen LogP contribution in [0.1, 0.15) is 25.7 Å². The van der Waals surface area contributed by atoms with E-state index in [1.807, 2.05) is 0 Å². The average molecular weight is 156 g/mol. The van der Waals surface area contributed by atoms with Crippen molar-refractivity contribution in [2.75, 3.05) is 6.61 Å². The Hall–Kier alpha value is -0.570. The number of aliphatic carboxylic acids is 1. The van der Waals surface area contributed by atoms with Crippen LogP contribution in [0, 0.1) is 5.41 Å². The number of rotatable bonds is 1. The van der Waals surface area contributed by atoms with Crippen LogP contribution in [0.5, 0.6) is 0 Å². The summed E-state index contributed by atoms with van der Waals surface area (Å²) in [6, 6.07) is 0. The molecule has 2 fully saturated rings. The molecule has 3 nitrogen and oxygen atoms in total. The summed E-state index contributed by atoms with van der Waals surface area (Å²) in [4.78, 5) is 10.7. The first-order valence-corrected chi connectivity index (χ1v) is 4.09. The lowest BCUT2D eigenvalue weighted by molar-refractivity contribution is -0.155. The molecule has 11 heavy (non-hydrogen) atoms. The summed E-state index contributed by atoms with van der Waals surface area (Å²) in [6.45, 7) is 0.636. The molecular formula is C8H12O3. The molecule has 1 aliphatic carbocycles. The molecule has 1 saturated heterocycles. The molecule has 1 aliphatic heterocycles. The molecule has 1 unspecified atom stereocenters. The highest BCUT2D eigenvalue weighted by Crippen LogP contribution is 2.51. The van der Waals surface area contributed by atoms with Gasteiger partial charge in [-0.05, 0) is 19.3 Å². The summed E-state index contributed by atoms with van der Waals surface area (Å²) in [5, 5.41) is 8.79. The van der Waals surface area contributed by atoms with E-state index in [1.54, 1.807) is 0 Å². The van der Waals surface area contributed by atoms with E-state index >= 15 is 0 Å². The lowest BCUT2D eigenvalue weighted by Crippen LogP contribution is -2.42. The summed E-state index contributed by atoms with van der Waals surface area (Å²) in [5.74, 6) is -0.776. The van der Waals surface area contributed by atoms with Crippen molar-refractivity contribution in [2.24, 2.45) is 5.41 Å². The van der Waals surface area contributed by atoms with Crippen LogP contribution >= 0.6 is 0 Å². The molecule has 62 valence electrons. The minimum Gasteiger partial charge on any atom is -0.479 e. The smallest absolute Gasteiger partial charge is 0.333 e. The van der Waals surface area contributed by atoms with Crippen LogP contribution in [0.25, 0.3) is 0 Å². The fraction of sp³-hybridized carbons (Fsp3) is 0.875. The van der Waals surface area contributed by atoms with Gasteiger partial charge >= 0.3 is 5.97 Å². The van der Waals surface area contributed by atoms with Crippen LogP contribution in [0.4, 0.5) is 0 Å². The SMILES string of the molecule is O=C(O)C1OCCC12CCC2. The van der Waals surface area contributed by atoms with Crippen molar-refractivity contribution >= 4 is 5.97 Å². The number of carbonyl (C=O) groups is 1. The lowest BCUT2D eigenvalue weighted by Gasteiger charge is -2.39. The lowest BCUT2D eigenvalue weighted by atomic mass is 9.64. The molecule has 2 rings (SSSR count). The second-order valence-electron chi connectivity index (χ2n) is 3.55. The van der Waals surface area contributed by atoms with Gasteiger partial charge in [-0.3, -0.25) is 0 Å². The van der Waals surface area contributed by atoms with Gasteiger partial charge < -0.3 is 9.84 Å². The third kappa shape index (κ3) is 0.872. The van der Waals surface area contributed by atoms with Gasteiger partial charge in [-0.15, -0.1) is 0 Å². The highest BCUT2D eigenvalue weighted by Gasteiger charge is 2.51. The topological polar surface area (TPSA) is 46.5 Å². The van der Waals surface area contributed by atoms with Crippen LogP contribution in [-0.2, 0) is 9.53 Å². The van der Waals surface area contributed by atoms with Crippen molar-refractivity contribution in [2.45, 2.75) is 31.8 Å². The first-order valence-electron chi connectivity index (χ1n) is 4.09. The third-order valence-electron chi connectivity index (χ3n) is 3.01. The highest BCUT2D eigenvalue weighted by molar-refractivity contribution is 5.74. The Kier molecular flexibility index (Phi) is 1.42. The molecule has 0 bridgehead atoms. The molecule has 0 amide bonds. The molecule has 0 radical (unpaired) electrons. The molecule has 0 aromatic rings. The fourth-order valence-corrected chi connectivity index (χ4v) is 2.16. The van der Waals surface area contributed by atoms with Gasteiger partial charge in [-0.25, -0.2) is 4.79 Å². The van der Waals surface area contributed by atoms with Crippen LogP contribution < -0.4 is 0 Å². The summed E-state index contributed by atoms with van der Waals surface area (Å²) in [7, 11) is 0. The maximum Gasteiger partial charge on any atom is 0.333 e. The zero-order valence-corrected chi connectivity index (χ0v) is 6.38. The normalized spacial score (nSPS) is 33.6. The second-order valence-corrected chi connectivity index (χ2v) is 3.55. The van der Waals surface area contributed by atoms with Gasteiger partial charge in [0.15, 0.2) is 6.10 Å². The van der Waals surface area contributed by atoms with E-state index in [0.29, 0.717) is 6.61 Å². The molecule has 1 N–H and O–H groups in total. The molecule has 2 aliphatic rings. The second kappa shape index (κ2) is 2.21. The maximum atomic E-state index is 10.7. The van der Waals surface area contributed by atoms with Gasteiger partial charge in [0.1, 0.15) is 0 Å².